The average molecular weight is 166 g/mol. The second-order valence-corrected chi connectivity index (χ2v) is 3.71. The van der Waals surface area contributed by atoms with E-state index in [1.54, 1.807) is 4.68 Å². The molecule has 1 aliphatic carbocycles. The van der Waals surface area contributed by atoms with Crippen LogP contribution in [0.4, 0.5) is 0 Å². The predicted octanol–water partition coefficient (Wildman–Crippen LogP) is 0.878. The summed E-state index contributed by atoms with van der Waals surface area (Å²) in [5.74, 6) is 0. The van der Waals surface area contributed by atoms with Gasteiger partial charge in [0.05, 0.1) is 11.3 Å². The van der Waals surface area contributed by atoms with E-state index in [4.69, 9.17) is 0 Å². The van der Waals surface area contributed by atoms with E-state index >= 15 is 0 Å². The summed E-state index contributed by atoms with van der Waals surface area (Å²) in [4.78, 5) is 0. The van der Waals surface area contributed by atoms with E-state index in [0.29, 0.717) is 0 Å². The van der Waals surface area contributed by atoms with Crippen LogP contribution in [-0.4, -0.2) is 20.5 Å². The maximum Gasteiger partial charge on any atom is 0.0653 e. The number of nitrogens with zero attached hydrogens (tertiary/aromatic N) is 2. The summed E-state index contributed by atoms with van der Waals surface area (Å²) < 4.78 is 1.80. The largest absolute Gasteiger partial charge is 0.390 e. The molecule has 1 fully saturated rings. The number of rotatable bonds is 3. The van der Waals surface area contributed by atoms with Gasteiger partial charge < -0.3 is 5.11 Å². The molecule has 0 atom stereocenters. The quantitative estimate of drug-likeness (QED) is 0.723. The highest BCUT2D eigenvalue weighted by Gasteiger charge is 2.39. The number of hydrogen-bond donors (Lipinski definition) is 1. The SMILES string of the molecule is Cn1ccc(CCC2(O)CC2)n1. The molecule has 0 aromatic carbocycles. The fourth-order valence-corrected chi connectivity index (χ4v) is 1.35. The summed E-state index contributed by atoms with van der Waals surface area (Å²) in [6.07, 6.45) is 5.65. The van der Waals surface area contributed by atoms with E-state index < -0.39 is 0 Å². The summed E-state index contributed by atoms with van der Waals surface area (Å²) >= 11 is 0. The maximum absolute atomic E-state index is 9.56. The lowest BCUT2D eigenvalue weighted by Gasteiger charge is -2.03. The molecule has 0 aliphatic heterocycles. The Labute approximate surface area is 72.0 Å². The zero-order valence-electron chi connectivity index (χ0n) is 7.32. The zero-order chi connectivity index (χ0) is 8.60. The molecular weight excluding hydrogens is 152 g/mol. The van der Waals surface area contributed by atoms with Gasteiger partial charge in [-0.05, 0) is 31.7 Å². The molecule has 0 spiro atoms. The van der Waals surface area contributed by atoms with Gasteiger partial charge in [0.15, 0.2) is 0 Å². The fraction of sp³-hybridized carbons (Fsp3) is 0.667. The molecule has 3 heteroatoms. The van der Waals surface area contributed by atoms with Gasteiger partial charge in [-0.15, -0.1) is 0 Å². The van der Waals surface area contributed by atoms with Crippen LogP contribution in [0.5, 0.6) is 0 Å². The molecule has 1 aliphatic rings. The van der Waals surface area contributed by atoms with Gasteiger partial charge in [-0.2, -0.15) is 5.10 Å². The number of aliphatic hydroxyl groups is 1. The first-order valence-corrected chi connectivity index (χ1v) is 4.39. The van der Waals surface area contributed by atoms with Crippen molar-refractivity contribution >= 4 is 0 Å². The van der Waals surface area contributed by atoms with Gasteiger partial charge in [-0.25, -0.2) is 0 Å². The normalized spacial score (nSPS) is 19.5. The van der Waals surface area contributed by atoms with E-state index in [1.165, 1.54) is 0 Å². The van der Waals surface area contributed by atoms with Crippen molar-refractivity contribution in [2.45, 2.75) is 31.3 Å². The molecule has 1 heterocycles. The lowest BCUT2D eigenvalue weighted by Crippen LogP contribution is -2.08. The average Bonchev–Trinajstić information content (AvgIpc) is 2.60. The minimum Gasteiger partial charge on any atom is -0.390 e. The van der Waals surface area contributed by atoms with Gasteiger partial charge in [-0.3, -0.25) is 4.68 Å². The molecule has 1 saturated carbocycles. The van der Waals surface area contributed by atoms with Crippen LogP contribution in [-0.2, 0) is 13.5 Å². The Morgan fingerprint density at radius 1 is 1.67 bits per heavy atom. The van der Waals surface area contributed by atoms with Crippen LogP contribution < -0.4 is 0 Å². The molecule has 1 N–H and O–H groups in total. The van der Waals surface area contributed by atoms with Crippen LogP contribution in [0.1, 0.15) is 25.0 Å². The molecule has 1 aromatic rings. The van der Waals surface area contributed by atoms with Crippen molar-refractivity contribution < 1.29 is 5.11 Å². The Balaban J connectivity index is 1.87. The second kappa shape index (κ2) is 2.59. The lowest BCUT2D eigenvalue weighted by molar-refractivity contribution is 0.140. The molecule has 0 radical (unpaired) electrons. The Bertz CT molecular complexity index is 276. The zero-order valence-corrected chi connectivity index (χ0v) is 7.32. The summed E-state index contributed by atoms with van der Waals surface area (Å²) in [6.45, 7) is 0. The maximum atomic E-state index is 9.56. The van der Waals surface area contributed by atoms with E-state index in [9.17, 15) is 5.11 Å². The van der Waals surface area contributed by atoms with E-state index in [0.717, 1.165) is 31.4 Å². The van der Waals surface area contributed by atoms with Crippen molar-refractivity contribution in [1.82, 2.24) is 9.78 Å². The van der Waals surface area contributed by atoms with Gasteiger partial charge in [0.1, 0.15) is 0 Å². The third-order valence-electron chi connectivity index (χ3n) is 2.44. The first-order chi connectivity index (χ1) is 5.68. The minimum absolute atomic E-state index is 0.336. The van der Waals surface area contributed by atoms with Gasteiger partial charge >= 0.3 is 0 Å². The lowest BCUT2D eigenvalue weighted by atomic mass is 10.1. The van der Waals surface area contributed by atoms with Gasteiger partial charge in [-0.1, -0.05) is 0 Å². The van der Waals surface area contributed by atoms with Crippen LogP contribution in [0.3, 0.4) is 0 Å². The molecule has 0 unspecified atom stereocenters. The molecule has 3 nitrogen and oxygen atoms in total. The van der Waals surface area contributed by atoms with Crippen LogP contribution in [0, 0.1) is 0 Å². The van der Waals surface area contributed by atoms with Crippen molar-refractivity contribution in [2.24, 2.45) is 7.05 Å². The summed E-state index contributed by atoms with van der Waals surface area (Å²) in [5.41, 5.74) is 0.746. The highest BCUT2D eigenvalue weighted by molar-refractivity contribution is 5.03. The van der Waals surface area contributed by atoms with Crippen LogP contribution >= 0.6 is 0 Å². The van der Waals surface area contributed by atoms with Gasteiger partial charge in [0.2, 0.25) is 0 Å². The molecule has 66 valence electrons. The topological polar surface area (TPSA) is 38.0 Å². The highest BCUT2D eigenvalue weighted by Crippen LogP contribution is 2.38. The Hall–Kier alpha value is -0.830. The van der Waals surface area contributed by atoms with Crippen LogP contribution in [0.15, 0.2) is 12.3 Å². The standard InChI is InChI=1S/C9H14N2O/c1-11-7-3-8(10-11)2-4-9(12)5-6-9/h3,7,12H,2,4-6H2,1H3. The third-order valence-corrected chi connectivity index (χ3v) is 2.44. The van der Waals surface area contributed by atoms with Crippen LogP contribution in [0.2, 0.25) is 0 Å². The van der Waals surface area contributed by atoms with Crippen LogP contribution in [0.25, 0.3) is 0 Å². The van der Waals surface area contributed by atoms with Crippen molar-refractivity contribution in [2.75, 3.05) is 0 Å². The molecule has 0 saturated heterocycles. The smallest absolute Gasteiger partial charge is 0.0653 e. The molecular formula is C9H14N2O. The van der Waals surface area contributed by atoms with Crippen molar-refractivity contribution in [3.05, 3.63) is 18.0 Å². The van der Waals surface area contributed by atoms with Gasteiger partial charge in [0.25, 0.3) is 0 Å². The molecule has 12 heavy (non-hydrogen) atoms. The molecule has 1 aromatic heterocycles. The van der Waals surface area contributed by atoms with Crippen molar-refractivity contribution in [1.29, 1.82) is 0 Å². The first-order valence-electron chi connectivity index (χ1n) is 4.39. The van der Waals surface area contributed by atoms with Crippen molar-refractivity contribution in [3.63, 3.8) is 0 Å². The third kappa shape index (κ3) is 1.67. The first kappa shape index (κ1) is 7.80. The monoisotopic (exact) mass is 166 g/mol. The Morgan fingerprint density at radius 2 is 2.42 bits per heavy atom. The van der Waals surface area contributed by atoms with E-state index in [-0.39, 0.29) is 5.60 Å². The highest BCUT2D eigenvalue weighted by atomic mass is 16.3. The Kier molecular flexibility index (Phi) is 1.68. The number of aromatic nitrogens is 2. The summed E-state index contributed by atoms with van der Waals surface area (Å²) in [6, 6.07) is 2.01. The predicted molar refractivity (Wildman–Crippen MR) is 45.7 cm³/mol. The Morgan fingerprint density at radius 3 is 2.92 bits per heavy atom. The summed E-state index contributed by atoms with van der Waals surface area (Å²) in [7, 11) is 1.91. The second-order valence-electron chi connectivity index (χ2n) is 3.71. The minimum atomic E-state index is -0.336. The van der Waals surface area contributed by atoms with Crippen molar-refractivity contribution in [3.8, 4) is 0 Å². The number of aryl methyl sites for hydroxylation is 2. The molecule has 0 amide bonds. The van der Waals surface area contributed by atoms with E-state index in [1.807, 2.05) is 19.3 Å². The summed E-state index contributed by atoms with van der Waals surface area (Å²) in [5, 5.41) is 13.8. The van der Waals surface area contributed by atoms with Gasteiger partial charge in [0, 0.05) is 13.2 Å². The van der Waals surface area contributed by atoms with E-state index in [2.05, 4.69) is 5.10 Å². The molecule has 2 rings (SSSR count). The number of hydrogen-bond acceptors (Lipinski definition) is 2. The molecule has 0 bridgehead atoms. The fourth-order valence-electron chi connectivity index (χ4n) is 1.35.